The summed E-state index contributed by atoms with van der Waals surface area (Å²) in [6.07, 6.45) is -1.21. The molecule has 0 aliphatic carbocycles. The zero-order valence-electron chi connectivity index (χ0n) is 28.8. The summed E-state index contributed by atoms with van der Waals surface area (Å²) in [5.74, 6) is 0.190. The van der Waals surface area contributed by atoms with Gasteiger partial charge in [0, 0.05) is 29.3 Å². The van der Waals surface area contributed by atoms with Gasteiger partial charge in [0.1, 0.15) is 23.7 Å². The fraction of sp³-hybridized carbons (Fsp3) is 0.781. The Hall–Kier alpha value is -2.38. The van der Waals surface area contributed by atoms with Gasteiger partial charge in [0.15, 0.2) is 0 Å². The summed E-state index contributed by atoms with van der Waals surface area (Å²) in [6, 6.07) is -2.24. The predicted molar refractivity (Wildman–Crippen MR) is 182 cm³/mol. The van der Waals surface area contributed by atoms with Crippen LogP contribution in [0.3, 0.4) is 0 Å². The Bertz CT molecular complexity index is 1060. The van der Waals surface area contributed by atoms with E-state index in [2.05, 4.69) is 40.1 Å². The van der Waals surface area contributed by atoms with Gasteiger partial charge < -0.3 is 31.1 Å². The molecule has 13 heteroatoms. The zero-order valence-corrected chi connectivity index (χ0v) is 30.4. The lowest BCUT2D eigenvalue weighted by Gasteiger charge is -2.30. The third-order valence-electron chi connectivity index (χ3n) is 6.83. The molecule has 0 aromatic carbocycles. The molecule has 1 heterocycles. The number of ether oxygens (including phenoxy) is 1. The van der Waals surface area contributed by atoms with Crippen molar-refractivity contribution in [2.75, 3.05) is 18.1 Å². The third-order valence-corrected chi connectivity index (χ3v) is 9.24. The molecule has 4 amide bonds. The summed E-state index contributed by atoms with van der Waals surface area (Å²) < 4.78 is 5.32. The molecule has 11 nitrogen and oxygen atoms in total. The molecule has 258 valence electrons. The maximum absolute atomic E-state index is 13.5. The van der Waals surface area contributed by atoms with Crippen molar-refractivity contribution in [3.8, 4) is 0 Å². The number of carbonyl (C=O) groups excluding carboxylic acids is 4. The lowest BCUT2D eigenvalue weighted by atomic mass is 9.91. The summed E-state index contributed by atoms with van der Waals surface area (Å²) in [6.45, 7) is 19.9. The van der Waals surface area contributed by atoms with Crippen molar-refractivity contribution in [2.24, 2.45) is 29.6 Å². The number of carbonyl (C=O) groups is 4. The lowest BCUT2D eigenvalue weighted by molar-refractivity contribution is -0.132. The number of thiazole rings is 1. The molecule has 0 aliphatic heterocycles. The number of hydrogen-bond donors (Lipinski definition) is 5. The molecule has 0 aliphatic rings. The van der Waals surface area contributed by atoms with Crippen LogP contribution in [0.5, 0.6) is 0 Å². The molecule has 1 aromatic rings. The highest BCUT2D eigenvalue weighted by atomic mass is 32.2. The molecule has 0 fully saturated rings. The molecule has 45 heavy (non-hydrogen) atoms. The molecule has 0 saturated heterocycles. The van der Waals surface area contributed by atoms with Crippen LogP contribution in [0.15, 0.2) is 5.38 Å². The fourth-order valence-corrected chi connectivity index (χ4v) is 6.13. The summed E-state index contributed by atoms with van der Waals surface area (Å²) in [4.78, 5) is 56.3. The maximum atomic E-state index is 13.5. The van der Waals surface area contributed by atoms with E-state index in [1.807, 2.05) is 53.8 Å². The summed E-state index contributed by atoms with van der Waals surface area (Å²) in [7, 11) is 0. The van der Waals surface area contributed by atoms with E-state index in [0.717, 1.165) is 11.4 Å². The molecular formula is C32H57N5O6S2. The highest BCUT2D eigenvalue weighted by molar-refractivity contribution is 7.99. The number of aliphatic hydroxyl groups is 1. The van der Waals surface area contributed by atoms with E-state index in [0.29, 0.717) is 29.6 Å². The van der Waals surface area contributed by atoms with E-state index in [1.165, 1.54) is 11.3 Å². The van der Waals surface area contributed by atoms with Crippen molar-refractivity contribution < 1.29 is 29.0 Å². The summed E-state index contributed by atoms with van der Waals surface area (Å²) in [5, 5.41) is 25.1. The van der Waals surface area contributed by atoms with E-state index in [-0.39, 0.29) is 42.6 Å². The van der Waals surface area contributed by atoms with Crippen LogP contribution in [0.25, 0.3) is 0 Å². The first-order valence-corrected chi connectivity index (χ1v) is 18.0. The Morgan fingerprint density at radius 2 is 1.53 bits per heavy atom. The van der Waals surface area contributed by atoms with Crippen LogP contribution in [-0.4, -0.2) is 76.2 Å². The van der Waals surface area contributed by atoms with Crippen LogP contribution < -0.4 is 21.3 Å². The quantitative estimate of drug-likeness (QED) is 0.138. The SMILES string of the molecule is Cc1csc(COC(=O)N[C@@H](CSCC(C)C)C(=O)N[C@H](CC(C)C)[C@@H](O)C[C@@H](C)C(=O)N[C@@H](C(=O)NCC(C)C)C(C)C)n1. The minimum atomic E-state index is -1.03. The molecule has 0 spiro atoms. The van der Waals surface area contributed by atoms with Crippen molar-refractivity contribution in [2.45, 2.75) is 113 Å². The van der Waals surface area contributed by atoms with Crippen LogP contribution in [0.4, 0.5) is 4.79 Å². The number of nitrogens with zero attached hydrogens (tertiary/aromatic N) is 1. The van der Waals surface area contributed by atoms with E-state index in [4.69, 9.17) is 4.74 Å². The maximum Gasteiger partial charge on any atom is 0.408 e. The van der Waals surface area contributed by atoms with Gasteiger partial charge in [-0.3, -0.25) is 14.4 Å². The second-order valence-corrected chi connectivity index (χ2v) is 15.4. The molecule has 0 radical (unpaired) electrons. The van der Waals surface area contributed by atoms with E-state index in [1.54, 1.807) is 18.7 Å². The second kappa shape index (κ2) is 20.7. The van der Waals surface area contributed by atoms with E-state index >= 15 is 0 Å². The fourth-order valence-electron chi connectivity index (χ4n) is 4.37. The molecule has 0 bridgehead atoms. The van der Waals surface area contributed by atoms with Crippen LogP contribution in [0, 0.1) is 36.5 Å². The number of amides is 4. The first-order chi connectivity index (χ1) is 21.0. The van der Waals surface area contributed by atoms with Crippen molar-refractivity contribution in [1.29, 1.82) is 0 Å². The Labute approximate surface area is 278 Å². The molecule has 5 N–H and O–H groups in total. The van der Waals surface area contributed by atoms with Gasteiger partial charge >= 0.3 is 6.09 Å². The number of aryl methyl sites for hydroxylation is 1. The van der Waals surface area contributed by atoms with Crippen LogP contribution in [0.1, 0.15) is 85.9 Å². The smallest absolute Gasteiger partial charge is 0.408 e. The molecule has 0 unspecified atom stereocenters. The highest BCUT2D eigenvalue weighted by Gasteiger charge is 2.32. The lowest BCUT2D eigenvalue weighted by Crippen LogP contribution is -2.55. The van der Waals surface area contributed by atoms with Crippen LogP contribution >= 0.6 is 23.1 Å². The number of rotatable bonds is 20. The largest absolute Gasteiger partial charge is 0.442 e. The Morgan fingerprint density at radius 3 is 2.07 bits per heavy atom. The van der Waals surface area contributed by atoms with Crippen molar-refractivity contribution in [1.82, 2.24) is 26.3 Å². The van der Waals surface area contributed by atoms with Gasteiger partial charge in [-0.25, -0.2) is 9.78 Å². The third kappa shape index (κ3) is 16.7. The Kier molecular flexibility index (Phi) is 18.7. The topological polar surface area (TPSA) is 159 Å². The summed E-state index contributed by atoms with van der Waals surface area (Å²) >= 11 is 2.94. The van der Waals surface area contributed by atoms with Gasteiger partial charge in [-0.05, 0) is 49.2 Å². The monoisotopic (exact) mass is 671 g/mol. The van der Waals surface area contributed by atoms with Gasteiger partial charge in [0.05, 0.1) is 12.1 Å². The molecule has 0 saturated carbocycles. The van der Waals surface area contributed by atoms with Crippen LogP contribution in [-0.2, 0) is 25.7 Å². The normalized spacial score (nSPS) is 15.0. The van der Waals surface area contributed by atoms with Gasteiger partial charge in [0.2, 0.25) is 17.7 Å². The zero-order chi connectivity index (χ0) is 34.3. The van der Waals surface area contributed by atoms with Gasteiger partial charge in [0.25, 0.3) is 0 Å². The minimum Gasteiger partial charge on any atom is -0.442 e. The van der Waals surface area contributed by atoms with Crippen molar-refractivity contribution in [3.05, 3.63) is 16.1 Å². The highest BCUT2D eigenvalue weighted by Crippen LogP contribution is 2.18. The van der Waals surface area contributed by atoms with Crippen molar-refractivity contribution in [3.63, 3.8) is 0 Å². The first-order valence-electron chi connectivity index (χ1n) is 16.0. The molecule has 1 aromatic heterocycles. The second-order valence-electron chi connectivity index (χ2n) is 13.4. The van der Waals surface area contributed by atoms with Gasteiger partial charge in [-0.15, -0.1) is 11.3 Å². The van der Waals surface area contributed by atoms with Crippen molar-refractivity contribution >= 4 is 46.9 Å². The van der Waals surface area contributed by atoms with Crippen LogP contribution in [0.2, 0.25) is 0 Å². The van der Waals surface area contributed by atoms with Gasteiger partial charge in [-0.1, -0.05) is 62.3 Å². The van der Waals surface area contributed by atoms with E-state index in [9.17, 15) is 24.3 Å². The number of thioether (sulfide) groups is 1. The molecular weight excluding hydrogens is 615 g/mol. The standard InChI is InChI=1S/C32H57N5O6S2/c1-18(2)11-24(26(38)12-22(9)29(39)37-28(21(7)8)31(41)33-13-19(3)4)35-30(40)25(17-44-15-20(5)6)36-32(42)43-14-27-34-23(10)16-45-27/h16,18-22,24-26,28,38H,11-15,17H2,1-10H3,(H,33,41)(H,35,40)(H,36,42)(H,37,39)/t22-,24-,25+,26+,28-/m1/s1. The average Bonchev–Trinajstić information content (AvgIpc) is 3.36. The summed E-state index contributed by atoms with van der Waals surface area (Å²) in [5.41, 5.74) is 0.842. The Morgan fingerprint density at radius 1 is 0.867 bits per heavy atom. The molecule has 1 rings (SSSR count). The number of aliphatic hydroxyl groups excluding tert-OH is 1. The minimum absolute atomic E-state index is 0.00348. The van der Waals surface area contributed by atoms with Gasteiger partial charge in [-0.2, -0.15) is 11.8 Å². The molecule has 5 atom stereocenters. The number of aromatic nitrogens is 1. The Balaban J connectivity index is 2.93. The number of nitrogens with one attached hydrogen (secondary N) is 4. The predicted octanol–water partition coefficient (Wildman–Crippen LogP) is 4.27. The number of alkyl carbamates (subject to hydrolysis) is 1. The number of hydrogen-bond acceptors (Lipinski definition) is 9. The average molecular weight is 672 g/mol. The van der Waals surface area contributed by atoms with E-state index < -0.39 is 42.1 Å². The first kappa shape index (κ1) is 40.6.